The van der Waals surface area contributed by atoms with E-state index in [1.165, 1.54) is 25.2 Å². The first-order chi connectivity index (χ1) is 9.10. The fraction of sp³-hybridized carbons (Fsp3) is 0.462. The van der Waals surface area contributed by atoms with Crippen molar-refractivity contribution < 1.29 is 23.4 Å². The van der Waals surface area contributed by atoms with Gasteiger partial charge in [-0.25, -0.2) is 13.2 Å². The number of carboxylic acid groups (broad SMARTS) is 1. The predicted molar refractivity (Wildman–Crippen MR) is 75.0 cm³/mol. The van der Waals surface area contributed by atoms with Crippen LogP contribution in [0.15, 0.2) is 24.3 Å². The van der Waals surface area contributed by atoms with E-state index in [2.05, 4.69) is 0 Å². The third-order valence-corrected chi connectivity index (χ3v) is 5.21. The second-order valence-corrected chi connectivity index (χ2v) is 7.20. The first-order valence-electron chi connectivity index (χ1n) is 6.00. The van der Waals surface area contributed by atoms with Gasteiger partial charge in [-0.2, -0.15) is 4.31 Å². The van der Waals surface area contributed by atoms with E-state index in [1.807, 2.05) is 0 Å². The zero-order valence-corrected chi connectivity index (χ0v) is 12.5. The Bertz CT molecular complexity index is 595. The Labute approximate surface area is 118 Å². The van der Waals surface area contributed by atoms with Crippen LogP contribution in [0, 0.1) is 0 Å². The maximum Gasteiger partial charge on any atom is 0.335 e. The van der Waals surface area contributed by atoms with Crippen molar-refractivity contribution in [1.29, 1.82) is 0 Å². The molecule has 0 aliphatic rings. The van der Waals surface area contributed by atoms with Crippen molar-refractivity contribution in [3.8, 4) is 0 Å². The number of rotatable bonds is 6. The Morgan fingerprint density at radius 2 is 1.95 bits per heavy atom. The number of aromatic carboxylic acids is 1. The molecule has 0 spiro atoms. The number of nitrogens with zero attached hydrogens (tertiary/aromatic N) is 1. The molecule has 7 heteroatoms. The van der Waals surface area contributed by atoms with E-state index < -0.39 is 21.5 Å². The van der Waals surface area contributed by atoms with Gasteiger partial charge in [-0.1, -0.05) is 12.1 Å². The fourth-order valence-electron chi connectivity index (χ4n) is 1.58. The predicted octanol–water partition coefficient (Wildman–Crippen LogP) is 0.917. The molecule has 1 aromatic carbocycles. The summed E-state index contributed by atoms with van der Waals surface area (Å²) in [6.07, 6.45) is 0. The van der Waals surface area contributed by atoms with Gasteiger partial charge >= 0.3 is 5.97 Å². The molecule has 0 fully saturated rings. The van der Waals surface area contributed by atoms with E-state index in [0.717, 1.165) is 4.31 Å². The lowest BCUT2D eigenvalue weighted by Crippen LogP contribution is -2.47. The Balaban J connectivity index is 3.03. The number of carboxylic acids is 1. The molecule has 1 aromatic rings. The van der Waals surface area contributed by atoms with Crippen LogP contribution in [-0.4, -0.2) is 48.1 Å². The van der Waals surface area contributed by atoms with Crippen LogP contribution < -0.4 is 0 Å². The standard InChI is InChI=1S/C13H19NO5S/c1-13(2,9-15)14(3)20(18,19)8-10-5-4-6-11(7-10)12(16)17/h4-7,15H,8-9H2,1-3H3,(H,16,17). The minimum Gasteiger partial charge on any atom is -0.478 e. The molecule has 0 aromatic heterocycles. The van der Waals surface area contributed by atoms with Crippen LogP contribution in [0.1, 0.15) is 29.8 Å². The number of likely N-dealkylation sites (N-methyl/N-ethyl adjacent to an activating group) is 1. The molecule has 0 aliphatic carbocycles. The summed E-state index contributed by atoms with van der Waals surface area (Å²) in [6.45, 7) is 2.91. The molecule has 0 saturated heterocycles. The van der Waals surface area contributed by atoms with Crippen molar-refractivity contribution >= 4 is 16.0 Å². The van der Waals surface area contributed by atoms with Crippen molar-refractivity contribution in [3.05, 3.63) is 35.4 Å². The van der Waals surface area contributed by atoms with Crippen LogP contribution in [0.5, 0.6) is 0 Å². The van der Waals surface area contributed by atoms with E-state index in [9.17, 15) is 18.3 Å². The highest BCUT2D eigenvalue weighted by atomic mass is 32.2. The summed E-state index contributed by atoms with van der Waals surface area (Å²) in [6, 6.07) is 5.80. The van der Waals surface area contributed by atoms with Crippen LogP contribution in [0.3, 0.4) is 0 Å². The normalized spacial score (nSPS) is 12.7. The van der Waals surface area contributed by atoms with Crippen LogP contribution in [0.25, 0.3) is 0 Å². The van der Waals surface area contributed by atoms with E-state index in [4.69, 9.17) is 5.11 Å². The lowest BCUT2D eigenvalue weighted by atomic mass is 10.1. The summed E-state index contributed by atoms with van der Waals surface area (Å²) in [5.41, 5.74) is -0.476. The molecule has 0 bridgehead atoms. The smallest absolute Gasteiger partial charge is 0.335 e. The highest BCUT2D eigenvalue weighted by molar-refractivity contribution is 7.88. The first kappa shape index (κ1) is 16.6. The summed E-state index contributed by atoms with van der Waals surface area (Å²) in [4.78, 5) is 10.9. The third kappa shape index (κ3) is 3.78. The number of aliphatic hydroxyl groups is 1. The van der Waals surface area contributed by atoms with Gasteiger partial charge in [-0.3, -0.25) is 0 Å². The fourth-order valence-corrected chi connectivity index (χ4v) is 3.18. The second kappa shape index (κ2) is 5.90. The van der Waals surface area contributed by atoms with Gasteiger partial charge in [0.25, 0.3) is 0 Å². The molecule has 0 aliphatic heterocycles. The van der Waals surface area contributed by atoms with Crippen molar-refractivity contribution in [2.45, 2.75) is 25.1 Å². The Hall–Kier alpha value is -1.44. The quantitative estimate of drug-likeness (QED) is 0.814. The van der Waals surface area contributed by atoms with Gasteiger partial charge in [0.2, 0.25) is 10.0 Å². The van der Waals surface area contributed by atoms with Crippen LogP contribution in [0.2, 0.25) is 0 Å². The maximum absolute atomic E-state index is 12.3. The highest BCUT2D eigenvalue weighted by Gasteiger charge is 2.32. The van der Waals surface area contributed by atoms with Gasteiger partial charge in [-0.15, -0.1) is 0 Å². The average Bonchev–Trinajstić information content (AvgIpc) is 2.37. The summed E-state index contributed by atoms with van der Waals surface area (Å²) in [5, 5.41) is 18.1. The molecule has 0 amide bonds. The van der Waals surface area contributed by atoms with Crippen LogP contribution in [0.4, 0.5) is 0 Å². The van der Waals surface area contributed by atoms with Gasteiger partial charge in [0.15, 0.2) is 0 Å². The zero-order chi connectivity index (χ0) is 15.6. The lowest BCUT2D eigenvalue weighted by molar-refractivity contribution is 0.0696. The minimum absolute atomic E-state index is 0.0433. The van der Waals surface area contributed by atoms with E-state index in [-0.39, 0.29) is 17.9 Å². The first-order valence-corrected chi connectivity index (χ1v) is 7.61. The van der Waals surface area contributed by atoms with Gasteiger partial charge in [-0.05, 0) is 31.5 Å². The van der Waals surface area contributed by atoms with E-state index in [1.54, 1.807) is 19.9 Å². The molecule has 112 valence electrons. The number of carbonyl (C=O) groups is 1. The topological polar surface area (TPSA) is 94.9 Å². The third-order valence-electron chi connectivity index (χ3n) is 3.18. The molecule has 0 heterocycles. The van der Waals surface area contributed by atoms with Crippen molar-refractivity contribution in [2.75, 3.05) is 13.7 Å². The Morgan fingerprint density at radius 3 is 2.45 bits per heavy atom. The number of hydrogen-bond donors (Lipinski definition) is 2. The molecule has 1 rings (SSSR count). The number of sulfonamides is 1. The maximum atomic E-state index is 12.3. The number of aliphatic hydroxyl groups excluding tert-OH is 1. The van der Waals surface area contributed by atoms with Gasteiger partial charge in [0, 0.05) is 7.05 Å². The van der Waals surface area contributed by atoms with Crippen molar-refractivity contribution in [3.63, 3.8) is 0 Å². The molecule has 20 heavy (non-hydrogen) atoms. The molecule has 0 atom stereocenters. The van der Waals surface area contributed by atoms with Crippen molar-refractivity contribution in [2.24, 2.45) is 0 Å². The molecular formula is C13H19NO5S. The molecule has 0 saturated carbocycles. The van der Waals surface area contributed by atoms with Crippen LogP contribution >= 0.6 is 0 Å². The van der Waals surface area contributed by atoms with E-state index in [0.29, 0.717) is 5.56 Å². The highest BCUT2D eigenvalue weighted by Crippen LogP contribution is 2.19. The summed E-state index contributed by atoms with van der Waals surface area (Å²) in [5.74, 6) is -1.41. The molecule has 0 radical (unpaired) electrons. The second-order valence-electron chi connectivity index (χ2n) is 5.20. The SMILES string of the molecule is CN(C(C)(C)CO)S(=O)(=O)Cc1cccc(C(=O)O)c1. The molecule has 2 N–H and O–H groups in total. The molecule has 6 nitrogen and oxygen atoms in total. The summed E-state index contributed by atoms with van der Waals surface area (Å²) in [7, 11) is -2.25. The van der Waals surface area contributed by atoms with Crippen molar-refractivity contribution in [1.82, 2.24) is 4.31 Å². The van der Waals surface area contributed by atoms with Gasteiger partial charge < -0.3 is 10.2 Å². The number of hydrogen-bond acceptors (Lipinski definition) is 4. The summed E-state index contributed by atoms with van der Waals surface area (Å²) >= 11 is 0. The Kier molecular flexibility index (Phi) is 4.90. The lowest BCUT2D eigenvalue weighted by Gasteiger charge is -2.32. The largest absolute Gasteiger partial charge is 0.478 e. The van der Waals surface area contributed by atoms with Crippen LogP contribution in [-0.2, 0) is 15.8 Å². The monoisotopic (exact) mass is 301 g/mol. The molecular weight excluding hydrogens is 282 g/mol. The van der Waals surface area contributed by atoms with E-state index >= 15 is 0 Å². The minimum atomic E-state index is -3.65. The zero-order valence-electron chi connectivity index (χ0n) is 11.7. The molecule has 0 unspecified atom stereocenters. The van der Waals surface area contributed by atoms with Gasteiger partial charge in [0.1, 0.15) is 0 Å². The summed E-state index contributed by atoms with van der Waals surface area (Å²) < 4.78 is 25.6. The average molecular weight is 301 g/mol. The Morgan fingerprint density at radius 1 is 1.35 bits per heavy atom. The van der Waals surface area contributed by atoms with Gasteiger partial charge in [0.05, 0.1) is 23.5 Å². The number of benzene rings is 1.